The van der Waals surface area contributed by atoms with E-state index in [9.17, 15) is 13.0 Å². The number of benzene rings is 5. The predicted octanol–water partition coefficient (Wildman–Crippen LogP) is 7.72. The van der Waals surface area contributed by atoms with Gasteiger partial charge in [-0.2, -0.15) is 4.57 Å². The number of hydrogen-bond acceptors (Lipinski definition) is 6. The summed E-state index contributed by atoms with van der Waals surface area (Å²) in [5.74, 6) is 2.54. The first-order valence-electron chi connectivity index (χ1n) is 14.5. The smallest absolute Gasteiger partial charge is 0.374 e. The van der Waals surface area contributed by atoms with Crippen molar-refractivity contribution >= 4 is 54.5 Å². The van der Waals surface area contributed by atoms with Crippen molar-refractivity contribution in [3.05, 3.63) is 127 Å². The van der Waals surface area contributed by atoms with Gasteiger partial charge in [-0.15, -0.1) is 0 Å². The molecule has 0 spiro atoms. The minimum atomic E-state index is -4.27. The largest absolute Gasteiger partial charge is 0.744 e. The van der Waals surface area contributed by atoms with Gasteiger partial charge in [0.25, 0.3) is 5.52 Å². The van der Waals surface area contributed by atoms with Crippen LogP contribution in [0, 0.1) is 6.92 Å². The lowest BCUT2D eigenvalue weighted by Gasteiger charge is -2.16. The molecule has 0 saturated carbocycles. The van der Waals surface area contributed by atoms with Crippen molar-refractivity contribution in [1.82, 2.24) is 0 Å². The maximum absolute atomic E-state index is 10.4. The summed E-state index contributed by atoms with van der Waals surface area (Å²) in [6.07, 6.45) is 6.05. The highest BCUT2D eigenvalue weighted by Crippen LogP contribution is 2.44. The van der Waals surface area contributed by atoms with Crippen LogP contribution < -0.4 is 14.2 Å². The molecular formula is C36H32N2O5S. The van der Waals surface area contributed by atoms with Crippen LogP contribution in [0.1, 0.15) is 25.3 Å². The van der Waals surface area contributed by atoms with E-state index in [0.717, 1.165) is 53.0 Å². The Kier molecular flexibility index (Phi) is 7.95. The van der Waals surface area contributed by atoms with E-state index in [2.05, 4.69) is 96.1 Å². The van der Waals surface area contributed by atoms with E-state index in [4.69, 9.17) is 9.15 Å². The molecule has 0 atom stereocenters. The average Bonchev–Trinajstić information content (AvgIpc) is 3.58. The monoisotopic (exact) mass is 604 g/mol. The number of hydrogen-bond donors (Lipinski definition) is 0. The fraction of sp³-hybridized carbons (Fsp3) is 0.139. The highest BCUT2D eigenvalue weighted by molar-refractivity contribution is 7.85. The van der Waals surface area contributed by atoms with Crippen molar-refractivity contribution < 1.29 is 26.7 Å². The average molecular weight is 605 g/mol. The lowest BCUT2D eigenvalue weighted by atomic mass is 10.1. The lowest BCUT2D eigenvalue weighted by Crippen LogP contribution is -2.33. The fourth-order valence-corrected chi connectivity index (χ4v) is 6.01. The van der Waals surface area contributed by atoms with Crippen LogP contribution in [0.2, 0.25) is 0 Å². The number of aryl methyl sites for hydroxylation is 2. The number of nitrogens with zero attached hydrogens (tertiary/aromatic N) is 2. The van der Waals surface area contributed by atoms with Crippen LogP contribution in [-0.4, -0.2) is 19.5 Å². The van der Waals surface area contributed by atoms with E-state index in [1.165, 1.54) is 33.7 Å². The zero-order valence-electron chi connectivity index (χ0n) is 24.7. The van der Waals surface area contributed by atoms with Crippen LogP contribution in [0.5, 0.6) is 5.75 Å². The summed E-state index contributed by atoms with van der Waals surface area (Å²) in [6.45, 7) is 7.76. The van der Waals surface area contributed by atoms with Crippen molar-refractivity contribution in [3.8, 4) is 5.75 Å². The number of anilines is 1. The van der Waals surface area contributed by atoms with E-state index in [0.29, 0.717) is 0 Å². The van der Waals surface area contributed by atoms with Crippen molar-refractivity contribution in [2.45, 2.75) is 32.2 Å². The van der Waals surface area contributed by atoms with Gasteiger partial charge in [-0.3, -0.25) is 0 Å². The number of rotatable bonds is 5. The summed E-state index contributed by atoms with van der Waals surface area (Å²) in [7, 11) is -4.27. The summed E-state index contributed by atoms with van der Waals surface area (Å²) in [5.41, 5.74) is 4.09. The zero-order valence-corrected chi connectivity index (χ0v) is 25.5. The highest BCUT2D eigenvalue weighted by atomic mass is 32.2. The van der Waals surface area contributed by atoms with Crippen LogP contribution in [0.4, 0.5) is 5.69 Å². The first kappa shape index (κ1) is 29.2. The zero-order chi connectivity index (χ0) is 30.8. The van der Waals surface area contributed by atoms with Gasteiger partial charge in [0.15, 0.2) is 5.75 Å². The van der Waals surface area contributed by atoms with Crippen molar-refractivity contribution in [1.29, 1.82) is 0 Å². The van der Waals surface area contributed by atoms with Gasteiger partial charge in [0.1, 0.15) is 16.7 Å². The van der Waals surface area contributed by atoms with Gasteiger partial charge in [0.05, 0.1) is 22.0 Å². The van der Waals surface area contributed by atoms with Gasteiger partial charge in [0.2, 0.25) is 11.5 Å². The van der Waals surface area contributed by atoms with E-state index < -0.39 is 10.1 Å². The van der Waals surface area contributed by atoms with Crippen LogP contribution in [0.25, 0.3) is 38.7 Å². The fourth-order valence-electron chi connectivity index (χ4n) is 5.54. The van der Waals surface area contributed by atoms with Gasteiger partial charge >= 0.3 is 5.89 Å². The first-order chi connectivity index (χ1) is 21.3. The Morgan fingerprint density at radius 2 is 1.50 bits per heavy atom. The summed E-state index contributed by atoms with van der Waals surface area (Å²) < 4.78 is 45.8. The number of fused-ring (bicyclic) bond motifs is 6. The molecule has 222 valence electrons. The van der Waals surface area contributed by atoms with E-state index in [1.807, 2.05) is 25.2 Å². The summed E-state index contributed by atoms with van der Waals surface area (Å²) in [5, 5.41) is 4.84. The third kappa shape index (κ3) is 5.57. The molecule has 0 saturated heterocycles. The minimum absolute atomic E-state index is 0.178. The molecule has 44 heavy (non-hydrogen) atoms. The molecular weight excluding hydrogens is 572 g/mol. The molecule has 0 aliphatic carbocycles. The Morgan fingerprint density at radius 3 is 2.18 bits per heavy atom. The van der Waals surface area contributed by atoms with Crippen LogP contribution >= 0.6 is 0 Å². The summed E-state index contributed by atoms with van der Waals surface area (Å²) in [6, 6.07) is 31.0. The summed E-state index contributed by atoms with van der Waals surface area (Å²) in [4.78, 5) is 2.05. The minimum Gasteiger partial charge on any atom is -0.744 e. The second-order valence-corrected chi connectivity index (χ2v) is 11.8. The van der Waals surface area contributed by atoms with Gasteiger partial charge < -0.3 is 18.6 Å². The van der Waals surface area contributed by atoms with E-state index in [1.54, 1.807) is 12.1 Å². The molecule has 0 bridgehead atoms. The predicted molar refractivity (Wildman–Crippen MR) is 173 cm³/mol. The quantitative estimate of drug-likeness (QED) is 0.148. The third-order valence-electron chi connectivity index (χ3n) is 7.65. The number of allylic oxidation sites excluding steroid dienone is 2. The first-order valence-corrected chi connectivity index (χ1v) is 15.9. The maximum atomic E-state index is 10.4. The Labute approximate surface area is 256 Å². The second kappa shape index (κ2) is 12.0. The lowest BCUT2D eigenvalue weighted by molar-refractivity contribution is -0.673. The van der Waals surface area contributed by atoms with Crippen LogP contribution in [-0.2, 0) is 16.7 Å². The molecule has 1 aliphatic rings. The molecule has 0 amide bonds. The highest BCUT2D eigenvalue weighted by Gasteiger charge is 2.27. The molecule has 8 heteroatoms. The van der Waals surface area contributed by atoms with Crippen LogP contribution in [0.15, 0.2) is 124 Å². The van der Waals surface area contributed by atoms with Gasteiger partial charge in [-0.05, 0) is 74.0 Å². The van der Waals surface area contributed by atoms with Crippen molar-refractivity contribution in [3.63, 3.8) is 0 Å². The molecule has 0 radical (unpaired) electrons. The SMILES string of the molecule is CCN1/C(=C/C=C/c2oc3ccc4ccccc4c3[n+]2CC)Oc2ccc3ccccc3c21.Cc1ccc(S(=O)(=O)[O-])cc1. The molecule has 0 N–H and O–H groups in total. The van der Waals surface area contributed by atoms with Crippen molar-refractivity contribution in [2.75, 3.05) is 11.4 Å². The number of aromatic nitrogens is 1. The standard InChI is InChI=1S/C29H25N2O2.C7H8O3S/c1-3-30-26(32-24-18-16-20-10-5-7-12-22(20)28(24)30)14-9-15-27-31(4-2)29-23-13-8-6-11-21(23)17-19-25(29)33-27;1-6-2-4-7(5-3-6)11(8,9)10/h5-19H,3-4H2,1-2H3;2-5H,1H3,(H,8,9,10)/q+1;/p-1. The molecule has 2 heterocycles. The summed E-state index contributed by atoms with van der Waals surface area (Å²) >= 11 is 0. The van der Waals surface area contributed by atoms with Crippen LogP contribution in [0.3, 0.4) is 0 Å². The molecule has 7 nitrogen and oxygen atoms in total. The van der Waals surface area contributed by atoms with Gasteiger partial charge in [-0.1, -0.05) is 72.3 Å². The third-order valence-corrected chi connectivity index (χ3v) is 8.50. The molecule has 6 aromatic rings. The van der Waals surface area contributed by atoms with Crippen molar-refractivity contribution in [2.24, 2.45) is 0 Å². The maximum Gasteiger partial charge on any atom is 0.374 e. The molecule has 7 rings (SSSR count). The topological polar surface area (TPSA) is 86.7 Å². The Morgan fingerprint density at radius 1 is 0.841 bits per heavy atom. The molecule has 5 aromatic carbocycles. The van der Waals surface area contributed by atoms with Gasteiger partial charge in [-0.25, -0.2) is 8.42 Å². The molecule has 1 aromatic heterocycles. The van der Waals surface area contributed by atoms with Gasteiger partial charge in [0, 0.05) is 11.9 Å². The molecule has 1 aliphatic heterocycles. The van der Waals surface area contributed by atoms with E-state index >= 15 is 0 Å². The Bertz CT molecular complexity index is 2160. The van der Waals surface area contributed by atoms with E-state index in [-0.39, 0.29) is 4.90 Å². The number of ether oxygens (including phenoxy) is 1. The normalized spacial score (nSPS) is 13.9. The second-order valence-electron chi connectivity index (χ2n) is 10.4. The molecule has 0 fully saturated rings. The Hall–Kier alpha value is -4.92. The molecule has 0 unspecified atom stereocenters. The Balaban J connectivity index is 0.000000265. The number of oxazole rings is 1.